The van der Waals surface area contributed by atoms with Crippen LogP contribution in [0.25, 0.3) is 21.7 Å². The van der Waals surface area contributed by atoms with Crippen LogP contribution in [0.4, 0.5) is 5.82 Å². The standard InChI is InChI=1S/C25H30N2O3S/c1-2-8-18(15-25(29)30)9-5-6-13-26-24-17-19(23-12-7-14-31-23)16-21(27-24)20-10-3-4-11-22(20)28/h3-4,7,10-12,14,16-18,28H,2,5-6,8-9,13,15H2,1H3,(H,26,27)(H,29,30). The molecule has 0 aliphatic carbocycles. The van der Waals surface area contributed by atoms with Crippen LogP contribution >= 0.6 is 11.3 Å². The second kappa shape index (κ2) is 11.5. The molecule has 0 bridgehead atoms. The Morgan fingerprint density at radius 1 is 1.13 bits per heavy atom. The molecule has 0 radical (unpaired) electrons. The smallest absolute Gasteiger partial charge is 0.303 e. The van der Waals surface area contributed by atoms with Crippen LogP contribution < -0.4 is 5.32 Å². The van der Waals surface area contributed by atoms with Gasteiger partial charge in [-0.05, 0) is 60.0 Å². The van der Waals surface area contributed by atoms with Crippen LogP contribution in [0.1, 0.15) is 45.4 Å². The highest BCUT2D eigenvalue weighted by Crippen LogP contribution is 2.33. The Bertz CT molecular complexity index is 973. The lowest BCUT2D eigenvalue weighted by Crippen LogP contribution is -2.09. The molecule has 3 rings (SSSR count). The highest BCUT2D eigenvalue weighted by Gasteiger charge is 2.13. The first-order chi connectivity index (χ1) is 15.1. The molecule has 1 unspecified atom stereocenters. The maximum absolute atomic E-state index is 11.0. The average Bonchev–Trinajstić information content (AvgIpc) is 3.28. The Kier molecular flexibility index (Phi) is 8.47. The number of nitrogens with zero attached hydrogens (tertiary/aromatic N) is 1. The summed E-state index contributed by atoms with van der Waals surface area (Å²) < 4.78 is 0. The minimum Gasteiger partial charge on any atom is -0.507 e. The summed E-state index contributed by atoms with van der Waals surface area (Å²) in [6, 6.07) is 15.4. The van der Waals surface area contributed by atoms with E-state index in [1.54, 1.807) is 23.5 Å². The molecule has 3 aromatic rings. The maximum Gasteiger partial charge on any atom is 0.303 e. The van der Waals surface area contributed by atoms with Crippen molar-refractivity contribution in [2.45, 2.75) is 45.4 Å². The number of nitrogens with one attached hydrogen (secondary N) is 1. The van der Waals surface area contributed by atoms with Crippen molar-refractivity contribution in [3.05, 3.63) is 53.9 Å². The molecule has 6 heteroatoms. The Morgan fingerprint density at radius 2 is 1.97 bits per heavy atom. The molecule has 3 N–H and O–H groups in total. The van der Waals surface area contributed by atoms with Gasteiger partial charge < -0.3 is 15.5 Å². The molecule has 0 amide bonds. The first-order valence-electron chi connectivity index (χ1n) is 10.9. The van der Waals surface area contributed by atoms with Crippen LogP contribution in [0.15, 0.2) is 53.9 Å². The zero-order chi connectivity index (χ0) is 22.1. The largest absolute Gasteiger partial charge is 0.507 e. The highest BCUT2D eigenvalue weighted by molar-refractivity contribution is 7.13. The van der Waals surface area contributed by atoms with E-state index in [9.17, 15) is 9.90 Å². The van der Waals surface area contributed by atoms with Gasteiger partial charge in [-0.3, -0.25) is 4.79 Å². The van der Waals surface area contributed by atoms with E-state index in [0.29, 0.717) is 5.56 Å². The van der Waals surface area contributed by atoms with E-state index in [0.717, 1.165) is 60.6 Å². The number of phenols is 1. The van der Waals surface area contributed by atoms with Gasteiger partial charge in [-0.2, -0.15) is 0 Å². The molecule has 0 spiro atoms. The van der Waals surface area contributed by atoms with Crippen molar-refractivity contribution in [1.29, 1.82) is 0 Å². The van der Waals surface area contributed by atoms with E-state index in [-0.39, 0.29) is 18.1 Å². The summed E-state index contributed by atoms with van der Waals surface area (Å²) >= 11 is 1.67. The summed E-state index contributed by atoms with van der Waals surface area (Å²) in [5, 5.41) is 24.8. The molecule has 0 fully saturated rings. The van der Waals surface area contributed by atoms with Crippen molar-refractivity contribution in [2.24, 2.45) is 5.92 Å². The average molecular weight is 439 g/mol. The number of hydrogen-bond donors (Lipinski definition) is 3. The number of carbonyl (C=O) groups is 1. The molecule has 164 valence electrons. The molecule has 1 aromatic carbocycles. The summed E-state index contributed by atoms with van der Waals surface area (Å²) in [5.74, 6) is 0.544. The number of para-hydroxylation sites is 1. The van der Waals surface area contributed by atoms with Crippen LogP contribution in [0, 0.1) is 5.92 Å². The van der Waals surface area contributed by atoms with E-state index in [4.69, 9.17) is 10.1 Å². The lowest BCUT2D eigenvalue weighted by Gasteiger charge is -2.14. The number of rotatable bonds is 12. The molecule has 1 atom stereocenters. The summed E-state index contributed by atoms with van der Waals surface area (Å²) in [6.07, 6.45) is 5.13. The first-order valence-corrected chi connectivity index (χ1v) is 11.7. The SMILES string of the molecule is CCCC(CCCCNc1cc(-c2cccs2)cc(-c2ccccc2O)n1)CC(=O)O. The van der Waals surface area contributed by atoms with Crippen LogP contribution in [0.2, 0.25) is 0 Å². The van der Waals surface area contributed by atoms with Gasteiger partial charge >= 0.3 is 5.97 Å². The third-order valence-corrected chi connectivity index (χ3v) is 6.24. The summed E-state index contributed by atoms with van der Waals surface area (Å²) in [6.45, 7) is 2.87. The minimum atomic E-state index is -0.706. The topological polar surface area (TPSA) is 82.5 Å². The number of pyridine rings is 1. The van der Waals surface area contributed by atoms with Gasteiger partial charge in [0, 0.05) is 23.4 Å². The monoisotopic (exact) mass is 438 g/mol. The number of thiophene rings is 1. The molecule has 0 aliphatic heterocycles. The van der Waals surface area contributed by atoms with E-state index < -0.39 is 5.97 Å². The van der Waals surface area contributed by atoms with Gasteiger partial charge in [0.25, 0.3) is 0 Å². The number of carboxylic acids is 1. The van der Waals surface area contributed by atoms with E-state index in [1.807, 2.05) is 35.7 Å². The Morgan fingerprint density at radius 3 is 2.68 bits per heavy atom. The number of benzene rings is 1. The number of aliphatic carboxylic acids is 1. The van der Waals surface area contributed by atoms with Crippen molar-refractivity contribution in [2.75, 3.05) is 11.9 Å². The van der Waals surface area contributed by atoms with Crippen molar-refractivity contribution >= 4 is 23.1 Å². The molecule has 0 aliphatic rings. The predicted octanol–water partition coefficient (Wildman–Crippen LogP) is 6.66. The van der Waals surface area contributed by atoms with E-state index >= 15 is 0 Å². The molecule has 31 heavy (non-hydrogen) atoms. The van der Waals surface area contributed by atoms with Gasteiger partial charge in [0.1, 0.15) is 11.6 Å². The lowest BCUT2D eigenvalue weighted by molar-refractivity contribution is -0.138. The van der Waals surface area contributed by atoms with Crippen LogP contribution in [0.3, 0.4) is 0 Å². The normalized spacial score (nSPS) is 11.9. The Labute approximate surface area is 187 Å². The van der Waals surface area contributed by atoms with Crippen LogP contribution in [-0.2, 0) is 4.79 Å². The van der Waals surface area contributed by atoms with Crippen LogP contribution in [0.5, 0.6) is 5.75 Å². The Hall–Kier alpha value is -2.86. The summed E-state index contributed by atoms with van der Waals surface area (Å²) in [4.78, 5) is 16.9. The zero-order valence-corrected chi connectivity index (χ0v) is 18.7. The maximum atomic E-state index is 11.0. The fraction of sp³-hybridized carbons (Fsp3) is 0.360. The van der Waals surface area contributed by atoms with Gasteiger partial charge in [-0.1, -0.05) is 44.4 Å². The fourth-order valence-corrected chi connectivity index (χ4v) is 4.53. The third kappa shape index (κ3) is 6.82. The van der Waals surface area contributed by atoms with Gasteiger partial charge in [0.05, 0.1) is 5.69 Å². The first kappa shape index (κ1) is 22.8. The Balaban J connectivity index is 1.66. The van der Waals surface area contributed by atoms with E-state index in [1.165, 1.54) is 0 Å². The number of carboxylic acid groups (broad SMARTS) is 1. The van der Waals surface area contributed by atoms with Gasteiger partial charge in [0.15, 0.2) is 0 Å². The molecular formula is C25H30N2O3S. The van der Waals surface area contributed by atoms with Crippen molar-refractivity contribution in [3.8, 4) is 27.4 Å². The quantitative estimate of drug-likeness (QED) is 0.276. The van der Waals surface area contributed by atoms with Crippen molar-refractivity contribution in [1.82, 2.24) is 4.98 Å². The van der Waals surface area contributed by atoms with Gasteiger partial charge in [0.2, 0.25) is 0 Å². The number of anilines is 1. The molecule has 0 saturated carbocycles. The van der Waals surface area contributed by atoms with Crippen molar-refractivity contribution < 1.29 is 15.0 Å². The van der Waals surface area contributed by atoms with Gasteiger partial charge in [-0.15, -0.1) is 11.3 Å². The second-order valence-electron chi connectivity index (χ2n) is 7.80. The molecular weight excluding hydrogens is 408 g/mol. The molecule has 5 nitrogen and oxygen atoms in total. The predicted molar refractivity (Wildman–Crippen MR) is 128 cm³/mol. The number of hydrogen-bond acceptors (Lipinski definition) is 5. The third-order valence-electron chi connectivity index (χ3n) is 5.32. The summed E-state index contributed by atoms with van der Waals surface area (Å²) in [7, 11) is 0. The second-order valence-corrected chi connectivity index (χ2v) is 8.74. The minimum absolute atomic E-state index is 0.213. The number of phenolic OH excluding ortho intramolecular Hbond substituents is 1. The van der Waals surface area contributed by atoms with E-state index in [2.05, 4.69) is 18.3 Å². The zero-order valence-electron chi connectivity index (χ0n) is 17.9. The number of aromatic nitrogens is 1. The summed E-state index contributed by atoms with van der Waals surface area (Å²) in [5.41, 5.74) is 2.51. The van der Waals surface area contributed by atoms with Gasteiger partial charge in [-0.25, -0.2) is 4.98 Å². The van der Waals surface area contributed by atoms with Crippen LogP contribution in [-0.4, -0.2) is 27.7 Å². The molecule has 2 heterocycles. The highest BCUT2D eigenvalue weighted by atomic mass is 32.1. The van der Waals surface area contributed by atoms with Crippen molar-refractivity contribution in [3.63, 3.8) is 0 Å². The molecule has 2 aromatic heterocycles. The number of aromatic hydroxyl groups is 1. The number of unbranched alkanes of at least 4 members (excludes halogenated alkanes) is 1. The fourth-order valence-electron chi connectivity index (χ4n) is 3.81. The molecule has 0 saturated heterocycles. The lowest BCUT2D eigenvalue weighted by atomic mass is 9.94.